The predicted octanol–water partition coefficient (Wildman–Crippen LogP) is 4.06. The number of nitriles is 1. The number of benzene rings is 3. The Labute approximate surface area is 218 Å². The maximum atomic E-state index is 14.0. The third-order valence-electron chi connectivity index (χ3n) is 8.70. The molecular weight excluding hydrogens is 482 g/mol. The zero-order chi connectivity index (χ0) is 26.2. The number of amides is 2. The van der Waals surface area contributed by atoms with Crippen LogP contribution in [0.5, 0.6) is 5.75 Å². The Morgan fingerprint density at radius 2 is 1.89 bits per heavy atom. The second-order valence-corrected chi connectivity index (χ2v) is 10.7. The summed E-state index contributed by atoms with van der Waals surface area (Å²) >= 11 is 0. The van der Waals surface area contributed by atoms with Crippen molar-refractivity contribution in [2.75, 3.05) is 11.5 Å². The van der Waals surface area contributed by atoms with Gasteiger partial charge in [0.25, 0.3) is 0 Å². The lowest BCUT2D eigenvalue weighted by atomic mass is 9.66. The number of fused-ring (bicyclic) bond motifs is 7. The van der Waals surface area contributed by atoms with E-state index in [1.165, 1.54) is 4.90 Å². The second-order valence-electron chi connectivity index (χ2n) is 10.7. The molecule has 3 saturated heterocycles. The number of carbonyl (C=O) groups is 2. The van der Waals surface area contributed by atoms with Gasteiger partial charge in [-0.05, 0) is 43.3 Å². The van der Waals surface area contributed by atoms with E-state index < -0.39 is 29.1 Å². The highest BCUT2D eigenvalue weighted by atomic mass is 16.6. The van der Waals surface area contributed by atoms with Gasteiger partial charge in [0.05, 0.1) is 47.5 Å². The van der Waals surface area contributed by atoms with Gasteiger partial charge in [-0.1, -0.05) is 24.3 Å². The summed E-state index contributed by atoms with van der Waals surface area (Å²) in [6.07, 6.45) is 1.60. The van der Waals surface area contributed by atoms with Crippen LogP contribution in [0.3, 0.4) is 0 Å². The Bertz CT molecular complexity index is 1690. The fourth-order valence-corrected chi connectivity index (χ4v) is 6.90. The summed E-state index contributed by atoms with van der Waals surface area (Å²) in [4.78, 5) is 32.3. The molecule has 0 spiro atoms. The van der Waals surface area contributed by atoms with Gasteiger partial charge < -0.3 is 19.6 Å². The topological polar surface area (TPSA) is 116 Å². The van der Waals surface area contributed by atoms with Gasteiger partial charge in [-0.15, -0.1) is 0 Å². The highest BCUT2D eigenvalue weighted by Gasteiger charge is 2.77. The van der Waals surface area contributed by atoms with Crippen molar-refractivity contribution in [3.05, 3.63) is 72.4 Å². The van der Waals surface area contributed by atoms with Crippen LogP contribution in [0.2, 0.25) is 0 Å². The van der Waals surface area contributed by atoms with Crippen LogP contribution in [0.4, 0.5) is 5.69 Å². The molecule has 8 heteroatoms. The van der Waals surface area contributed by atoms with Crippen LogP contribution in [0, 0.1) is 23.2 Å². The SMILES string of the molecule is C[C@]12O[C@](CCOc3ccc4[nH]ccc4c3)(C[C@@H]1O)[C@H]1C(=O)N(c3ccc(C#N)c4ccccc34)C(=O)[C@H]12. The largest absolute Gasteiger partial charge is 0.493 e. The fourth-order valence-electron chi connectivity index (χ4n) is 6.90. The molecule has 38 heavy (non-hydrogen) atoms. The van der Waals surface area contributed by atoms with Crippen molar-refractivity contribution in [3.63, 3.8) is 0 Å². The van der Waals surface area contributed by atoms with Gasteiger partial charge in [-0.3, -0.25) is 9.59 Å². The Balaban J connectivity index is 1.22. The van der Waals surface area contributed by atoms with E-state index in [9.17, 15) is 20.0 Å². The fraction of sp³-hybridized carbons (Fsp3) is 0.300. The van der Waals surface area contributed by atoms with Gasteiger partial charge in [0.2, 0.25) is 11.8 Å². The Hall–Kier alpha value is -4.19. The molecule has 3 aliphatic rings. The molecule has 4 aromatic rings. The number of ether oxygens (including phenoxy) is 2. The minimum absolute atomic E-state index is 0.256. The van der Waals surface area contributed by atoms with Crippen molar-refractivity contribution in [2.45, 2.75) is 37.1 Å². The molecule has 0 unspecified atom stereocenters. The number of aromatic nitrogens is 1. The second kappa shape index (κ2) is 7.90. The molecule has 2 N–H and O–H groups in total. The van der Waals surface area contributed by atoms with Crippen LogP contribution in [0.15, 0.2) is 66.9 Å². The standard InChI is InChI=1S/C30H25N3O5/c1-29-24(34)15-30(38-29,11-13-37-19-7-8-22-17(14-19)10-12-32-22)26-25(29)27(35)33(28(26)36)23-9-6-18(16-31)20-4-2-3-5-21(20)23/h2-10,12,14,24-26,32,34H,11,13,15H2,1H3/t24-,25-,26+,29-,30+/m0/s1. The van der Waals surface area contributed by atoms with E-state index >= 15 is 0 Å². The average Bonchev–Trinajstić information content (AvgIpc) is 3.62. The molecule has 5 atom stereocenters. The van der Waals surface area contributed by atoms with E-state index in [2.05, 4.69) is 11.1 Å². The summed E-state index contributed by atoms with van der Waals surface area (Å²) < 4.78 is 12.5. The first-order chi connectivity index (χ1) is 18.4. The molecule has 8 nitrogen and oxygen atoms in total. The van der Waals surface area contributed by atoms with E-state index in [1.54, 1.807) is 19.1 Å². The van der Waals surface area contributed by atoms with Gasteiger partial charge in [0.15, 0.2) is 0 Å². The number of aromatic amines is 1. The molecule has 3 aromatic carbocycles. The first-order valence-corrected chi connectivity index (χ1v) is 12.7. The monoisotopic (exact) mass is 507 g/mol. The van der Waals surface area contributed by atoms with Crippen molar-refractivity contribution in [1.29, 1.82) is 5.26 Å². The summed E-state index contributed by atoms with van der Waals surface area (Å²) in [6.45, 7) is 2.00. The number of aliphatic hydroxyl groups excluding tert-OH is 1. The lowest BCUT2D eigenvalue weighted by molar-refractivity contribution is -0.134. The number of nitrogens with zero attached hydrogens (tertiary/aromatic N) is 2. The van der Waals surface area contributed by atoms with Crippen LogP contribution < -0.4 is 9.64 Å². The van der Waals surface area contributed by atoms with Crippen molar-refractivity contribution < 1.29 is 24.2 Å². The lowest BCUT2D eigenvalue weighted by Gasteiger charge is -2.33. The Kier molecular flexibility index (Phi) is 4.78. The molecular formula is C30H25N3O5. The molecule has 1 aromatic heterocycles. The highest BCUT2D eigenvalue weighted by Crippen LogP contribution is 2.62. The van der Waals surface area contributed by atoms with E-state index in [0.29, 0.717) is 34.2 Å². The Morgan fingerprint density at radius 3 is 2.71 bits per heavy atom. The molecule has 2 bridgehead atoms. The maximum absolute atomic E-state index is 14.0. The zero-order valence-electron chi connectivity index (χ0n) is 20.7. The van der Waals surface area contributed by atoms with Crippen LogP contribution in [-0.4, -0.2) is 45.8 Å². The van der Waals surface area contributed by atoms with Crippen LogP contribution in [-0.2, 0) is 14.3 Å². The van der Waals surface area contributed by atoms with E-state index in [4.69, 9.17) is 9.47 Å². The van der Waals surface area contributed by atoms with E-state index in [-0.39, 0.29) is 24.8 Å². The molecule has 3 aliphatic heterocycles. The maximum Gasteiger partial charge on any atom is 0.240 e. The number of imide groups is 1. The van der Waals surface area contributed by atoms with E-state index in [1.807, 2.05) is 54.7 Å². The molecule has 0 aliphatic carbocycles. The van der Waals surface area contributed by atoms with E-state index in [0.717, 1.165) is 10.9 Å². The number of rotatable bonds is 5. The van der Waals surface area contributed by atoms with Crippen molar-refractivity contribution in [3.8, 4) is 11.8 Å². The minimum Gasteiger partial charge on any atom is -0.493 e. The molecule has 7 rings (SSSR count). The van der Waals surface area contributed by atoms with Crippen molar-refractivity contribution in [1.82, 2.24) is 4.98 Å². The first kappa shape index (κ1) is 23.0. The molecule has 3 fully saturated rings. The predicted molar refractivity (Wildman–Crippen MR) is 139 cm³/mol. The first-order valence-electron chi connectivity index (χ1n) is 12.7. The average molecular weight is 508 g/mol. The summed E-state index contributed by atoms with van der Waals surface area (Å²) in [7, 11) is 0. The lowest BCUT2D eigenvalue weighted by Crippen LogP contribution is -2.49. The van der Waals surface area contributed by atoms with Gasteiger partial charge >= 0.3 is 0 Å². The molecule has 4 heterocycles. The van der Waals surface area contributed by atoms with Crippen LogP contribution in [0.1, 0.15) is 25.3 Å². The summed E-state index contributed by atoms with van der Waals surface area (Å²) in [6, 6.07) is 20.5. The number of nitrogens with one attached hydrogen (secondary N) is 1. The van der Waals surface area contributed by atoms with Crippen molar-refractivity contribution in [2.24, 2.45) is 11.8 Å². The number of hydrogen-bond acceptors (Lipinski definition) is 6. The number of hydrogen-bond donors (Lipinski definition) is 2. The summed E-state index contributed by atoms with van der Waals surface area (Å²) in [5.41, 5.74) is -0.244. The third kappa shape index (κ3) is 2.97. The zero-order valence-corrected chi connectivity index (χ0v) is 20.7. The summed E-state index contributed by atoms with van der Waals surface area (Å²) in [5, 5.41) is 22.9. The number of anilines is 1. The Morgan fingerprint density at radius 1 is 1.11 bits per heavy atom. The number of carbonyl (C=O) groups excluding carboxylic acids is 2. The molecule has 0 radical (unpaired) electrons. The number of H-pyrrole nitrogens is 1. The smallest absolute Gasteiger partial charge is 0.240 e. The summed E-state index contributed by atoms with van der Waals surface area (Å²) in [5.74, 6) is -1.54. The van der Waals surface area contributed by atoms with Crippen molar-refractivity contribution >= 4 is 39.2 Å². The molecule has 2 amide bonds. The molecule has 190 valence electrons. The van der Waals surface area contributed by atoms with Gasteiger partial charge in [0, 0.05) is 40.7 Å². The number of aliphatic hydroxyl groups is 1. The van der Waals surface area contributed by atoms with Gasteiger partial charge in [-0.2, -0.15) is 5.26 Å². The normalized spacial score (nSPS) is 29.8. The highest BCUT2D eigenvalue weighted by molar-refractivity contribution is 6.26. The minimum atomic E-state index is -1.17. The third-order valence-corrected chi connectivity index (χ3v) is 8.70. The van der Waals surface area contributed by atoms with Crippen LogP contribution >= 0.6 is 0 Å². The molecule has 0 saturated carbocycles. The van der Waals surface area contributed by atoms with Crippen LogP contribution in [0.25, 0.3) is 21.7 Å². The van der Waals surface area contributed by atoms with Gasteiger partial charge in [0.1, 0.15) is 11.4 Å². The quantitative estimate of drug-likeness (QED) is 0.394. The van der Waals surface area contributed by atoms with Gasteiger partial charge in [-0.25, -0.2) is 4.90 Å².